The molecule has 0 saturated heterocycles. The Hall–Kier alpha value is -0.830. The van der Waals surface area contributed by atoms with Crippen LogP contribution in [0.25, 0.3) is 0 Å². The minimum atomic E-state index is -0.174. The number of methoxy groups -OCH3 is 1. The lowest BCUT2D eigenvalue weighted by Crippen LogP contribution is -2.20. The van der Waals surface area contributed by atoms with Gasteiger partial charge < -0.3 is 10.5 Å². The summed E-state index contributed by atoms with van der Waals surface area (Å²) < 4.78 is 4.62. The lowest BCUT2D eigenvalue weighted by Gasteiger charge is -2.08. The number of ether oxygens (including phenoxy) is 1. The van der Waals surface area contributed by atoms with Crippen molar-refractivity contribution < 1.29 is 9.53 Å². The highest BCUT2D eigenvalue weighted by Gasteiger charge is 2.28. The SMILES string of the molecule is COC(=O)[C@H]1C[C@@H](N)C=C1C. The van der Waals surface area contributed by atoms with E-state index >= 15 is 0 Å². The van der Waals surface area contributed by atoms with Crippen molar-refractivity contribution in [1.82, 2.24) is 0 Å². The number of carbonyl (C=O) groups is 1. The Labute approximate surface area is 66.2 Å². The molecule has 3 nitrogen and oxygen atoms in total. The predicted octanol–water partition coefficient (Wildman–Crippen LogP) is 0.453. The van der Waals surface area contributed by atoms with Crippen LogP contribution in [0.5, 0.6) is 0 Å². The van der Waals surface area contributed by atoms with Crippen LogP contribution in [-0.4, -0.2) is 19.1 Å². The highest BCUT2D eigenvalue weighted by molar-refractivity contribution is 5.76. The molecule has 11 heavy (non-hydrogen) atoms. The van der Waals surface area contributed by atoms with E-state index in [1.165, 1.54) is 7.11 Å². The highest BCUT2D eigenvalue weighted by atomic mass is 16.5. The van der Waals surface area contributed by atoms with Crippen molar-refractivity contribution in [2.75, 3.05) is 7.11 Å². The second-order valence-corrected chi connectivity index (χ2v) is 2.89. The zero-order chi connectivity index (χ0) is 8.43. The largest absolute Gasteiger partial charge is 0.469 e. The van der Waals surface area contributed by atoms with Crippen LogP contribution in [0.15, 0.2) is 11.6 Å². The number of hydrogen-bond donors (Lipinski definition) is 1. The minimum absolute atomic E-state index is 0.0269. The van der Waals surface area contributed by atoms with Crippen LogP contribution in [0.4, 0.5) is 0 Å². The van der Waals surface area contributed by atoms with Crippen molar-refractivity contribution in [3.8, 4) is 0 Å². The van der Waals surface area contributed by atoms with Crippen molar-refractivity contribution in [3.63, 3.8) is 0 Å². The van der Waals surface area contributed by atoms with Crippen LogP contribution in [-0.2, 0) is 9.53 Å². The van der Waals surface area contributed by atoms with E-state index in [-0.39, 0.29) is 17.9 Å². The summed E-state index contributed by atoms with van der Waals surface area (Å²) in [7, 11) is 1.40. The molecule has 0 aromatic heterocycles. The van der Waals surface area contributed by atoms with Gasteiger partial charge in [0.05, 0.1) is 13.0 Å². The molecule has 1 aliphatic carbocycles. The Balaban J connectivity index is 2.64. The summed E-state index contributed by atoms with van der Waals surface area (Å²) in [4.78, 5) is 11.1. The van der Waals surface area contributed by atoms with Crippen LogP contribution in [0.1, 0.15) is 13.3 Å². The van der Waals surface area contributed by atoms with Gasteiger partial charge in [-0.15, -0.1) is 0 Å². The van der Waals surface area contributed by atoms with E-state index in [0.717, 1.165) is 5.57 Å². The van der Waals surface area contributed by atoms with Crippen LogP contribution in [0, 0.1) is 5.92 Å². The maximum Gasteiger partial charge on any atom is 0.312 e. The van der Waals surface area contributed by atoms with Crippen molar-refractivity contribution in [2.45, 2.75) is 19.4 Å². The summed E-state index contributed by atoms with van der Waals surface area (Å²) in [5.74, 6) is -0.276. The van der Waals surface area contributed by atoms with E-state index in [4.69, 9.17) is 5.73 Å². The monoisotopic (exact) mass is 155 g/mol. The molecule has 0 unspecified atom stereocenters. The van der Waals surface area contributed by atoms with Crippen LogP contribution < -0.4 is 5.73 Å². The van der Waals surface area contributed by atoms with Gasteiger partial charge in [-0.1, -0.05) is 11.6 Å². The van der Waals surface area contributed by atoms with E-state index in [1.807, 2.05) is 13.0 Å². The fraction of sp³-hybridized carbons (Fsp3) is 0.625. The lowest BCUT2D eigenvalue weighted by atomic mass is 10.0. The summed E-state index contributed by atoms with van der Waals surface area (Å²) in [6.07, 6.45) is 2.61. The van der Waals surface area contributed by atoms with Gasteiger partial charge in [-0.2, -0.15) is 0 Å². The van der Waals surface area contributed by atoms with Gasteiger partial charge in [-0.25, -0.2) is 0 Å². The first kappa shape index (κ1) is 8.27. The Morgan fingerprint density at radius 2 is 2.45 bits per heavy atom. The molecule has 1 aliphatic rings. The minimum Gasteiger partial charge on any atom is -0.469 e. The molecule has 1 rings (SSSR count). The van der Waals surface area contributed by atoms with Gasteiger partial charge in [0.15, 0.2) is 0 Å². The Morgan fingerprint density at radius 1 is 1.82 bits per heavy atom. The molecule has 0 radical (unpaired) electrons. The summed E-state index contributed by atoms with van der Waals surface area (Å²) in [6, 6.07) is 0.0269. The lowest BCUT2D eigenvalue weighted by molar-refractivity contribution is -0.144. The molecule has 62 valence electrons. The van der Waals surface area contributed by atoms with Crippen LogP contribution in [0.2, 0.25) is 0 Å². The standard InChI is InChI=1S/C8H13NO2/c1-5-3-6(9)4-7(5)8(10)11-2/h3,6-7H,4,9H2,1-2H3/t6-,7-/m0/s1. The van der Waals surface area contributed by atoms with Gasteiger partial charge in [0.25, 0.3) is 0 Å². The molecule has 0 fully saturated rings. The van der Waals surface area contributed by atoms with Crippen molar-refractivity contribution >= 4 is 5.97 Å². The number of nitrogens with two attached hydrogens (primary N) is 1. The second-order valence-electron chi connectivity index (χ2n) is 2.89. The predicted molar refractivity (Wildman–Crippen MR) is 41.9 cm³/mol. The number of carbonyl (C=O) groups excluding carboxylic acids is 1. The van der Waals surface area contributed by atoms with E-state index in [9.17, 15) is 4.79 Å². The molecule has 0 aliphatic heterocycles. The van der Waals surface area contributed by atoms with Gasteiger partial charge in [-0.3, -0.25) is 4.79 Å². The smallest absolute Gasteiger partial charge is 0.312 e. The maximum absolute atomic E-state index is 11.1. The first-order valence-electron chi connectivity index (χ1n) is 3.67. The molecule has 2 N–H and O–H groups in total. The zero-order valence-electron chi connectivity index (χ0n) is 6.83. The molecular formula is C8H13NO2. The van der Waals surface area contributed by atoms with Gasteiger partial charge in [0, 0.05) is 6.04 Å². The number of rotatable bonds is 1. The third-order valence-corrected chi connectivity index (χ3v) is 2.02. The summed E-state index contributed by atoms with van der Waals surface area (Å²) in [6.45, 7) is 1.91. The van der Waals surface area contributed by atoms with Crippen LogP contribution in [0.3, 0.4) is 0 Å². The fourth-order valence-electron chi connectivity index (χ4n) is 1.40. The van der Waals surface area contributed by atoms with E-state index in [2.05, 4.69) is 4.74 Å². The number of hydrogen-bond acceptors (Lipinski definition) is 3. The molecule has 0 amide bonds. The zero-order valence-corrected chi connectivity index (χ0v) is 6.83. The van der Waals surface area contributed by atoms with Gasteiger partial charge >= 0.3 is 5.97 Å². The first-order valence-corrected chi connectivity index (χ1v) is 3.67. The molecule has 0 heterocycles. The van der Waals surface area contributed by atoms with Crippen molar-refractivity contribution in [3.05, 3.63) is 11.6 Å². The maximum atomic E-state index is 11.1. The molecular weight excluding hydrogens is 142 g/mol. The van der Waals surface area contributed by atoms with Gasteiger partial charge in [0.2, 0.25) is 0 Å². The normalized spacial score (nSPS) is 29.9. The molecule has 0 saturated carbocycles. The summed E-state index contributed by atoms with van der Waals surface area (Å²) in [5, 5.41) is 0. The van der Waals surface area contributed by atoms with Crippen molar-refractivity contribution in [1.29, 1.82) is 0 Å². The molecule has 0 spiro atoms. The third kappa shape index (κ3) is 1.60. The molecule has 2 atom stereocenters. The Morgan fingerprint density at radius 3 is 2.82 bits per heavy atom. The van der Waals surface area contributed by atoms with Crippen LogP contribution >= 0.6 is 0 Å². The van der Waals surface area contributed by atoms with E-state index in [1.54, 1.807) is 0 Å². The first-order chi connectivity index (χ1) is 5.15. The molecule has 0 aromatic rings. The molecule has 3 heteroatoms. The van der Waals surface area contributed by atoms with E-state index in [0.29, 0.717) is 6.42 Å². The summed E-state index contributed by atoms with van der Waals surface area (Å²) in [5.41, 5.74) is 6.66. The topological polar surface area (TPSA) is 52.3 Å². The fourth-order valence-corrected chi connectivity index (χ4v) is 1.40. The van der Waals surface area contributed by atoms with Gasteiger partial charge in [0.1, 0.15) is 0 Å². The Kier molecular flexibility index (Phi) is 2.29. The third-order valence-electron chi connectivity index (χ3n) is 2.02. The molecule has 0 aromatic carbocycles. The average Bonchev–Trinajstić information content (AvgIpc) is 2.28. The Bertz CT molecular complexity index is 198. The highest BCUT2D eigenvalue weighted by Crippen LogP contribution is 2.25. The second kappa shape index (κ2) is 3.05. The van der Waals surface area contributed by atoms with Crippen molar-refractivity contribution in [2.24, 2.45) is 11.7 Å². The average molecular weight is 155 g/mol. The number of esters is 1. The summed E-state index contributed by atoms with van der Waals surface area (Å²) >= 11 is 0. The quantitative estimate of drug-likeness (QED) is 0.442. The van der Waals surface area contributed by atoms with Gasteiger partial charge in [-0.05, 0) is 13.3 Å². The molecule has 0 bridgehead atoms. The van der Waals surface area contributed by atoms with E-state index < -0.39 is 0 Å².